The number of hydrogen-bond donors (Lipinski definition) is 2. The van der Waals surface area contributed by atoms with E-state index in [-0.39, 0.29) is 0 Å². The van der Waals surface area contributed by atoms with E-state index in [1.165, 1.54) is 0 Å². The van der Waals surface area contributed by atoms with Gasteiger partial charge in [-0.3, -0.25) is 14.5 Å². The molecule has 0 spiro atoms. The number of rotatable bonds is 2. The highest BCUT2D eigenvalue weighted by atomic mass is 19.2. The molecular weight excluding hydrogens is 264 g/mol. The number of amides is 1. The summed E-state index contributed by atoms with van der Waals surface area (Å²) in [6, 6.07) is 0. The van der Waals surface area contributed by atoms with Crippen molar-refractivity contribution < 1.29 is 33.3 Å². The number of ether oxygens (including phenoxy) is 1. The molecule has 0 radical (unpaired) electrons. The Kier molecular flexibility index (Phi) is 3.20. The molecule has 19 heavy (non-hydrogen) atoms. The number of ketones is 1. The van der Waals surface area contributed by atoms with Crippen LogP contribution in [0.5, 0.6) is 0 Å². The minimum atomic E-state index is -3.00. The van der Waals surface area contributed by atoms with Crippen molar-refractivity contribution in [1.29, 1.82) is 0 Å². The first-order valence-electron chi connectivity index (χ1n) is 5.59. The summed E-state index contributed by atoms with van der Waals surface area (Å²) < 4.78 is 33.0. The number of nitrogens with zero attached hydrogens (tertiary/aromatic N) is 1. The average Bonchev–Trinajstić information content (AvgIpc) is 2.51. The number of halogens is 2. The van der Waals surface area contributed by atoms with Crippen molar-refractivity contribution >= 4 is 11.7 Å². The van der Waals surface area contributed by atoms with Crippen molar-refractivity contribution in [3.8, 4) is 0 Å². The lowest BCUT2D eigenvalue weighted by Crippen LogP contribution is -2.52. The zero-order valence-electron chi connectivity index (χ0n) is 10.0. The summed E-state index contributed by atoms with van der Waals surface area (Å²) in [6.45, 7) is -0.397. The lowest BCUT2D eigenvalue weighted by Gasteiger charge is -2.32. The van der Waals surface area contributed by atoms with Crippen LogP contribution in [0.25, 0.3) is 0 Å². The monoisotopic (exact) mass is 277 g/mol. The van der Waals surface area contributed by atoms with Crippen molar-refractivity contribution in [2.24, 2.45) is 0 Å². The smallest absolute Gasteiger partial charge is 0.263 e. The Morgan fingerprint density at radius 1 is 1.53 bits per heavy atom. The zero-order valence-corrected chi connectivity index (χ0v) is 10.0. The maximum Gasteiger partial charge on any atom is 0.263 e. The van der Waals surface area contributed by atoms with Gasteiger partial charge in [-0.05, 0) is 13.0 Å². The Morgan fingerprint density at radius 3 is 2.63 bits per heavy atom. The Hall–Kier alpha value is -1.38. The largest absolute Gasteiger partial charge is 0.390 e. The maximum atomic E-state index is 14.4. The van der Waals surface area contributed by atoms with Gasteiger partial charge in [0.1, 0.15) is 6.61 Å². The number of aliphatic hydroxyl groups excluding tert-OH is 2. The molecule has 0 aromatic heterocycles. The topological polar surface area (TPSA) is 87.1 Å². The molecule has 0 bridgehead atoms. The van der Waals surface area contributed by atoms with Crippen LogP contribution in [0, 0.1) is 0 Å². The van der Waals surface area contributed by atoms with Gasteiger partial charge in [-0.2, -0.15) is 0 Å². The Bertz CT molecular complexity index is 452. The van der Waals surface area contributed by atoms with E-state index < -0.39 is 48.6 Å². The minimum Gasteiger partial charge on any atom is -0.390 e. The van der Waals surface area contributed by atoms with Gasteiger partial charge in [-0.1, -0.05) is 0 Å². The van der Waals surface area contributed by atoms with Crippen LogP contribution in [0.3, 0.4) is 0 Å². The fraction of sp³-hybridized carbons (Fsp3) is 0.636. The van der Waals surface area contributed by atoms with E-state index >= 15 is 0 Å². The van der Waals surface area contributed by atoms with Crippen molar-refractivity contribution in [2.75, 3.05) is 6.61 Å². The molecule has 2 aliphatic heterocycles. The molecule has 8 heteroatoms. The van der Waals surface area contributed by atoms with Gasteiger partial charge in [-0.25, -0.2) is 8.78 Å². The highest BCUT2D eigenvalue weighted by molar-refractivity contribution is 6.06. The molecule has 2 aliphatic rings. The maximum absolute atomic E-state index is 14.4. The highest BCUT2D eigenvalue weighted by Crippen LogP contribution is 2.43. The lowest BCUT2D eigenvalue weighted by molar-refractivity contribution is -0.212. The van der Waals surface area contributed by atoms with Crippen LogP contribution in [0.15, 0.2) is 12.3 Å². The number of alkyl halides is 2. The van der Waals surface area contributed by atoms with Gasteiger partial charge in [0.25, 0.3) is 5.85 Å². The Morgan fingerprint density at radius 2 is 2.16 bits per heavy atom. The van der Waals surface area contributed by atoms with Crippen LogP contribution >= 0.6 is 0 Å². The predicted octanol–water partition coefficient (Wildman–Crippen LogP) is -0.595. The SMILES string of the molecule is C[C@]1(F)[C@H](N2C=CC(=O)CC2=O)O[C@](F)(CO)[C@H]1O. The first-order valence-corrected chi connectivity index (χ1v) is 5.59. The lowest BCUT2D eigenvalue weighted by atomic mass is 9.96. The fourth-order valence-corrected chi connectivity index (χ4v) is 2.13. The molecule has 0 saturated carbocycles. The van der Waals surface area contributed by atoms with Gasteiger partial charge in [0, 0.05) is 6.20 Å². The standard InChI is InChI=1S/C11H13F2NO5/c1-10(12)8(18)11(13,5-15)19-9(10)14-3-2-6(16)4-7(14)17/h2-3,8-9,15,18H,4-5H2,1H3/t8-,9+,10+,11+/m0/s1. The summed E-state index contributed by atoms with van der Waals surface area (Å²) >= 11 is 0. The molecular formula is C11H13F2NO5. The number of aliphatic hydroxyl groups is 2. The summed E-state index contributed by atoms with van der Waals surface area (Å²) in [4.78, 5) is 23.3. The minimum absolute atomic E-state index is 0.464. The summed E-state index contributed by atoms with van der Waals surface area (Å²) in [5, 5.41) is 18.4. The highest BCUT2D eigenvalue weighted by Gasteiger charge is 2.65. The molecule has 4 atom stereocenters. The van der Waals surface area contributed by atoms with E-state index in [1.807, 2.05) is 0 Å². The second-order valence-electron chi connectivity index (χ2n) is 4.73. The first-order chi connectivity index (χ1) is 8.72. The summed E-state index contributed by atoms with van der Waals surface area (Å²) in [5.41, 5.74) is -2.63. The van der Waals surface area contributed by atoms with E-state index in [9.17, 15) is 23.5 Å². The fourth-order valence-electron chi connectivity index (χ4n) is 2.13. The predicted molar refractivity (Wildman–Crippen MR) is 56.9 cm³/mol. The van der Waals surface area contributed by atoms with Gasteiger partial charge in [0.05, 0.1) is 6.42 Å². The van der Waals surface area contributed by atoms with Crippen LogP contribution in [0.1, 0.15) is 13.3 Å². The van der Waals surface area contributed by atoms with Gasteiger partial charge in [-0.15, -0.1) is 0 Å². The van der Waals surface area contributed by atoms with E-state index in [2.05, 4.69) is 4.74 Å². The second kappa shape index (κ2) is 4.32. The zero-order chi connectivity index (χ0) is 14.4. The molecule has 2 heterocycles. The van der Waals surface area contributed by atoms with Gasteiger partial charge >= 0.3 is 0 Å². The molecule has 6 nitrogen and oxygen atoms in total. The molecule has 0 unspecified atom stereocenters. The van der Waals surface area contributed by atoms with Crippen molar-refractivity contribution in [2.45, 2.75) is 37.2 Å². The van der Waals surface area contributed by atoms with Gasteiger partial charge < -0.3 is 14.9 Å². The van der Waals surface area contributed by atoms with Crippen molar-refractivity contribution in [3.63, 3.8) is 0 Å². The summed E-state index contributed by atoms with van der Waals surface area (Å²) in [7, 11) is 0. The molecule has 1 fully saturated rings. The molecule has 2 N–H and O–H groups in total. The van der Waals surface area contributed by atoms with E-state index in [0.717, 1.165) is 19.2 Å². The summed E-state index contributed by atoms with van der Waals surface area (Å²) in [5.74, 6) is -4.23. The van der Waals surface area contributed by atoms with E-state index in [0.29, 0.717) is 4.90 Å². The summed E-state index contributed by atoms with van der Waals surface area (Å²) in [6.07, 6.45) is -2.48. The molecule has 1 amide bonds. The van der Waals surface area contributed by atoms with Gasteiger partial charge in [0.15, 0.2) is 23.8 Å². The number of hydrogen-bond acceptors (Lipinski definition) is 5. The van der Waals surface area contributed by atoms with Crippen molar-refractivity contribution in [3.05, 3.63) is 12.3 Å². The Labute approximate surface area is 107 Å². The molecule has 0 aromatic carbocycles. The first kappa shape index (κ1) is 14.0. The van der Waals surface area contributed by atoms with Crippen LogP contribution in [0.4, 0.5) is 8.78 Å². The second-order valence-corrected chi connectivity index (χ2v) is 4.73. The third-order valence-corrected chi connectivity index (χ3v) is 3.24. The molecule has 1 saturated heterocycles. The number of allylic oxidation sites excluding steroid dienone is 1. The molecule has 0 aromatic rings. The van der Waals surface area contributed by atoms with Crippen molar-refractivity contribution in [1.82, 2.24) is 4.90 Å². The molecule has 0 aliphatic carbocycles. The van der Waals surface area contributed by atoms with Gasteiger partial charge in [0.2, 0.25) is 5.91 Å². The quantitative estimate of drug-likeness (QED) is 0.658. The third kappa shape index (κ3) is 2.05. The Balaban J connectivity index is 2.33. The van der Waals surface area contributed by atoms with Crippen LogP contribution in [-0.4, -0.2) is 57.3 Å². The number of carbonyl (C=O) groups excluding carboxylic acids is 2. The van der Waals surface area contributed by atoms with E-state index in [4.69, 9.17) is 5.11 Å². The van der Waals surface area contributed by atoms with Crippen LogP contribution < -0.4 is 0 Å². The average molecular weight is 277 g/mol. The molecule has 106 valence electrons. The van der Waals surface area contributed by atoms with E-state index in [1.54, 1.807) is 0 Å². The molecule has 2 rings (SSSR count). The van der Waals surface area contributed by atoms with Crippen LogP contribution in [-0.2, 0) is 14.3 Å². The normalized spacial score (nSPS) is 43.1. The third-order valence-electron chi connectivity index (χ3n) is 3.24. The van der Waals surface area contributed by atoms with Crippen LogP contribution in [0.2, 0.25) is 0 Å². The number of carbonyl (C=O) groups is 2.